The van der Waals surface area contributed by atoms with Gasteiger partial charge in [-0.1, -0.05) is 12.2 Å². The summed E-state index contributed by atoms with van der Waals surface area (Å²) in [5, 5.41) is 0. The number of fused-ring (bicyclic) bond motifs is 2. The Labute approximate surface area is 115 Å². The molecule has 0 saturated heterocycles. The molecule has 0 unspecified atom stereocenters. The molecule has 0 radical (unpaired) electrons. The number of H-pyrrole nitrogens is 4. The Balaban J connectivity index is 0.000000121. The predicted molar refractivity (Wildman–Crippen MR) is 73.6 cm³/mol. The molecule has 10 heteroatoms. The van der Waals surface area contributed by atoms with Gasteiger partial charge in [-0.25, -0.2) is 19.9 Å². The van der Waals surface area contributed by atoms with Crippen molar-refractivity contribution in [2.45, 2.75) is 0 Å². The molecular weight excluding hydrogens is 280 g/mol. The van der Waals surface area contributed by atoms with E-state index in [0.29, 0.717) is 15.8 Å². The zero-order valence-corrected chi connectivity index (χ0v) is 10.7. The van der Waals surface area contributed by atoms with Gasteiger partial charge in [0, 0.05) is 0 Å². The number of rotatable bonds is 0. The van der Waals surface area contributed by atoms with Crippen LogP contribution in [0.1, 0.15) is 0 Å². The van der Waals surface area contributed by atoms with E-state index >= 15 is 0 Å². The summed E-state index contributed by atoms with van der Waals surface area (Å²) < 4.78 is 0.547. The van der Waals surface area contributed by atoms with Gasteiger partial charge in [0.1, 0.15) is 5.52 Å². The van der Waals surface area contributed by atoms with E-state index in [9.17, 15) is 4.79 Å². The Morgan fingerprint density at radius 3 is 2.20 bits per heavy atom. The van der Waals surface area contributed by atoms with Crippen LogP contribution >= 0.6 is 12.2 Å². The lowest BCUT2D eigenvalue weighted by Crippen LogP contribution is -2.05. The van der Waals surface area contributed by atoms with Crippen molar-refractivity contribution >= 4 is 34.5 Å². The van der Waals surface area contributed by atoms with E-state index in [4.69, 9.17) is 12.2 Å². The Kier molecular flexibility index (Phi) is 3.05. The molecular formula is C10H8N8OS. The van der Waals surface area contributed by atoms with E-state index in [1.807, 2.05) is 0 Å². The van der Waals surface area contributed by atoms with Crippen molar-refractivity contribution < 1.29 is 0 Å². The highest BCUT2D eigenvalue weighted by atomic mass is 32.1. The average Bonchev–Trinajstić information content (AvgIpc) is 3.08. The standard InChI is InChI=1S/C5H4N4O.C5H4N4S/c2*10-5-3-4(7-1-6-3)8-2-9-5/h2*1-2H,(H2,6,7,8,9,10). The summed E-state index contributed by atoms with van der Waals surface area (Å²) in [4.78, 5) is 37.1. The monoisotopic (exact) mass is 288 g/mol. The zero-order valence-electron chi connectivity index (χ0n) is 9.91. The molecule has 0 fully saturated rings. The molecule has 0 amide bonds. The second-order valence-corrected chi connectivity index (χ2v) is 4.05. The number of nitrogens with one attached hydrogen (secondary N) is 4. The lowest BCUT2D eigenvalue weighted by Gasteiger charge is -1.84. The third-order valence-corrected chi connectivity index (χ3v) is 2.77. The third kappa shape index (κ3) is 2.19. The van der Waals surface area contributed by atoms with Gasteiger partial charge in [-0.05, 0) is 0 Å². The second kappa shape index (κ2) is 5.01. The van der Waals surface area contributed by atoms with Crippen LogP contribution in [0, 0.1) is 4.64 Å². The molecule has 4 aromatic rings. The number of aromatic amines is 4. The van der Waals surface area contributed by atoms with Crippen LogP contribution in [0.5, 0.6) is 0 Å². The topological polar surface area (TPSA) is 132 Å². The summed E-state index contributed by atoms with van der Waals surface area (Å²) in [6.07, 6.45) is 5.88. The summed E-state index contributed by atoms with van der Waals surface area (Å²) >= 11 is 4.91. The van der Waals surface area contributed by atoms with Gasteiger partial charge in [-0.15, -0.1) is 0 Å². The number of aromatic nitrogens is 8. The highest BCUT2D eigenvalue weighted by Gasteiger charge is 1.97. The minimum Gasteiger partial charge on any atom is -0.341 e. The fourth-order valence-corrected chi connectivity index (χ4v) is 1.77. The Hall–Kier alpha value is -2.88. The molecule has 0 saturated carbocycles. The van der Waals surface area contributed by atoms with Crippen molar-refractivity contribution in [3.05, 3.63) is 40.3 Å². The van der Waals surface area contributed by atoms with Crippen molar-refractivity contribution in [3.8, 4) is 0 Å². The van der Waals surface area contributed by atoms with E-state index in [2.05, 4.69) is 39.9 Å². The molecule has 4 heterocycles. The minimum absolute atomic E-state index is 0.192. The average molecular weight is 288 g/mol. The smallest absolute Gasteiger partial charge is 0.276 e. The second-order valence-electron chi connectivity index (χ2n) is 3.67. The van der Waals surface area contributed by atoms with Crippen molar-refractivity contribution in [1.29, 1.82) is 0 Å². The summed E-state index contributed by atoms with van der Waals surface area (Å²) in [6, 6.07) is 0. The van der Waals surface area contributed by atoms with Gasteiger partial charge in [0.2, 0.25) is 0 Å². The van der Waals surface area contributed by atoms with Crippen LogP contribution in [0.3, 0.4) is 0 Å². The first-order chi connectivity index (χ1) is 9.75. The maximum absolute atomic E-state index is 10.9. The van der Waals surface area contributed by atoms with E-state index in [-0.39, 0.29) is 5.56 Å². The summed E-state index contributed by atoms with van der Waals surface area (Å²) in [6.45, 7) is 0. The first-order valence-corrected chi connectivity index (χ1v) is 5.90. The van der Waals surface area contributed by atoms with E-state index in [1.165, 1.54) is 19.0 Å². The normalized spacial score (nSPS) is 10.4. The highest BCUT2D eigenvalue weighted by molar-refractivity contribution is 7.71. The number of hydrogen-bond acceptors (Lipinski definition) is 6. The van der Waals surface area contributed by atoms with Gasteiger partial charge in [0.15, 0.2) is 21.5 Å². The van der Waals surface area contributed by atoms with E-state index in [1.54, 1.807) is 6.33 Å². The van der Waals surface area contributed by atoms with Crippen LogP contribution in [0.25, 0.3) is 22.3 Å². The van der Waals surface area contributed by atoms with Crippen molar-refractivity contribution in [3.63, 3.8) is 0 Å². The van der Waals surface area contributed by atoms with Crippen LogP contribution < -0.4 is 5.56 Å². The van der Waals surface area contributed by atoms with Crippen molar-refractivity contribution in [2.24, 2.45) is 0 Å². The Morgan fingerprint density at radius 2 is 1.45 bits per heavy atom. The fourth-order valence-electron chi connectivity index (χ4n) is 1.56. The van der Waals surface area contributed by atoms with Crippen LogP contribution in [0.4, 0.5) is 0 Å². The molecule has 0 aromatic carbocycles. The first-order valence-electron chi connectivity index (χ1n) is 5.49. The Morgan fingerprint density at radius 1 is 0.800 bits per heavy atom. The van der Waals surface area contributed by atoms with Gasteiger partial charge in [0.05, 0.1) is 25.3 Å². The summed E-state index contributed by atoms with van der Waals surface area (Å²) in [5.74, 6) is 0. The molecule has 0 aliphatic rings. The molecule has 0 aliphatic carbocycles. The first kappa shape index (κ1) is 12.2. The lowest BCUT2D eigenvalue weighted by atomic mass is 10.6. The molecule has 9 nitrogen and oxygen atoms in total. The van der Waals surface area contributed by atoms with E-state index in [0.717, 1.165) is 11.2 Å². The highest BCUT2D eigenvalue weighted by Crippen LogP contribution is 2.02. The van der Waals surface area contributed by atoms with Crippen LogP contribution in [0.15, 0.2) is 30.1 Å². The molecule has 0 aliphatic heterocycles. The largest absolute Gasteiger partial charge is 0.341 e. The van der Waals surface area contributed by atoms with Gasteiger partial charge in [-0.3, -0.25) is 4.79 Å². The Bertz CT molecular complexity index is 884. The van der Waals surface area contributed by atoms with Gasteiger partial charge in [0.25, 0.3) is 5.56 Å². The minimum atomic E-state index is -0.192. The summed E-state index contributed by atoms with van der Waals surface area (Å²) in [7, 11) is 0. The molecule has 4 N–H and O–H groups in total. The maximum atomic E-state index is 10.9. The van der Waals surface area contributed by atoms with Crippen LogP contribution in [-0.4, -0.2) is 39.9 Å². The van der Waals surface area contributed by atoms with Crippen LogP contribution in [-0.2, 0) is 0 Å². The molecule has 4 aromatic heterocycles. The van der Waals surface area contributed by atoms with E-state index < -0.39 is 0 Å². The van der Waals surface area contributed by atoms with Gasteiger partial charge in [-0.2, -0.15) is 0 Å². The third-order valence-electron chi connectivity index (χ3n) is 2.47. The fraction of sp³-hybridized carbons (Fsp3) is 0. The number of imidazole rings is 2. The lowest BCUT2D eigenvalue weighted by molar-refractivity contribution is 1.15. The molecule has 0 spiro atoms. The van der Waals surface area contributed by atoms with Gasteiger partial charge >= 0.3 is 0 Å². The molecule has 0 atom stereocenters. The predicted octanol–water partition coefficient (Wildman–Crippen LogP) is 0.662. The number of hydrogen-bond donors (Lipinski definition) is 4. The zero-order chi connectivity index (χ0) is 13.9. The molecule has 100 valence electrons. The van der Waals surface area contributed by atoms with Crippen molar-refractivity contribution in [2.75, 3.05) is 0 Å². The van der Waals surface area contributed by atoms with Crippen molar-refractivity contribution in [1.82, 2.24) is 39.9 Å². The number of nitrogens with zero attached hydrogens (tertiary/aromatic N) is 4. The van der Waals surface area contributed by atoms with Crippen LogP contribution in [0.2, 0.25) is 0 Å². The quantitative estimate of drug-likeness (QED) is 0.351. The molecule has 4 rings (SSSR count). The molecule has 20 heavy (non-hydrogen) atoms. The molecule has 0 bridgehead atoms. The SMILES string of the molecule is O=c1[nH]cnc2nc[nH]c12.S=c1nc[nH]c2nc[nH]c12. The summed E-state index contributed by atoms with van der Waals surface area (Å²) in [5.41, 5.74) is 2.21. The maximum Gasteiger partial charge on any atom is 0.276 e. The van der Waals surface area contributed by atoms with Gasteiger partial charge < -0.3 is 19.9 Å².